The van der Waals surface area contributed by atoms with Gasteiger partial charge in [0.25, 0.3) is 0 Å². The molecule has 0 aromatic heterocycles. The zero-order valence-electron chi connectivity index (χ0n) is 18.6. The lowest BCUT2D eigenvalue weighted by Gasteiger charge is -2.26. The van der Waals surface area contributed by atoms with E-state index in [0.717, 1.165) is 17.5 Å². The van der Waals surface area contributed by atoms with Gasteiger partial charge in [0.05, 0.1) is 7.11 Å². The third-order valence-corrected chi connectivity index (χ3v) is 4.82. The van der Waals surface area contributed by atoms with Gasteiger partial charge in [-0.3, -0.25) is 4.79 Å². The molecule has 0 aliphatic heterocycles. The monoisotopic (exact) mass is 438 g/mol. The summed E-state index contributed by atoms with van der Waals surface area (Å²) in [7, 11) is 1.27. The van der Waals surface area contributed by atoms with Gasteiger partial charge in [0.2, 0.25) is 5.91 Å². The number of nitrogens with one attached hydrogen (secondary N) is 2. The Morgan fingerprint density at radius 2 is 1.59 bits per heavy atom. The summed E-state index contributed by atoms with van der Waals surface area (Å²) in [6, 6.07) is 16.7. The maximum atomic E-state index is 12.8. The van der Waals surface area contributed by atoms with Crippen LogP contribution in [0, 0.1) is 0 Å². The highest BCUT2D eigenvalue weighted by atomic mass is 16.5. The van der Waals surface area contributed by atoms with Crippen LogP contribution < -0.4 is 10.6 Å². The zero-order valence-corrected chi connectivity index (χ0v) is 18.6. The first-order valence-corrected chi connectivity index (χ1v) is 10.5. The molecule has 0 unspecified atom stereocenters. The lowest BCUT2D eigenvalue weighted by atomic mass is 9.90. The topological polar surface area (TPSA) is 93.7 Å². The summed E-state index contributed by atoms with van der Waals surface area (Å²) in [5.74, 6) is -1.53. The Kier molecular flexibility index (Phi) is 9.97. The van der Waals surface area contributed by atoms with Crippen LogP contribution in [0.5, 0.6) is 0 Å². The standard InChI is InChI=1S/C25H30N2O5/c1-4-5-16-21(20-14-10-7-11-15-20)22(24(29)31-3)27-23(28)18(2)26-25(30)32-17-19-12-8-6-9-13-19/h5-16,18,21-22H,4,17H2,1-3H3,(H,26,30)(H,27,28)/b16-5+/t18-,21-,22+/m0/s1. The van der Waals surface area contributed by atoms with Crippen molar-refractivity contribution in [3.8, 4) is 0 Å². The van der Waals surface area contributed by atoms with E-state index in [1.54, 1.807) is 0 Å². The molecule has 0 heterocycles. The van der Waals surface area contributed by atoms with Gasteiger partial charge in [-0.15, -0.1) is 0 Å². The molecule has 3 atom stereocenters. The highest BCUT2D eigenvalue weighted by molar-refractivity contribution is 5.90. The van der Waals surface area contributed by atoms with Crippen LogP contribution in [0.2, 0.25) is 0 Å². The van der Waals surface area contributed by atoms with Crippen LogP contribution in [0.25, 0.3) is 0 Å². The fraction of sp³-hybridized carbons (Fsp3) is 0.320. The van der Waals surface area contributed by atoms with Gasteiger partial charge < -0.3 is 20.1 Å². The third-order valence-electron chi connectivity index (χ3n) is 4.82. The molecule has 0 spiro atoms. The molecule has 0 bridgehead atoms. The molecule has 2 aromatic rings. The molecule has 2 N–H and O–H groups in total. The quantitative estimate of drug-likeness (QED) is 0.436. The minimum atomic E-state index is -0.956. The number of carbonyl (C=O) groups is 3. The maximum Gasteiger partial charge on any atom is 0.408 e. The Balaban J connectivity index is 2.06. The van der Waals surface area contributed by atoms with Crippen molar-refractivity contribution < 1.29 is 23.9 Å². The molecule has 2 aromatic carbocycles. The summed E-state index contributed by atoms with van der Waals surface area (Å²) in [5, 5.41) is 5.21. The van der Waals surface area contributed by atoms with Crippen molar-refractivity contribution in [2.45, 2.75) is 44.9 Å². The summed E-state index contributed by atoms with van der Waals surface area (Å²) in [5.41, 5.74) is 1.69. The van der Waals surface area contributed by atoms with E-state index in [2.05, 4.69) is 10.6 Å². The fourth-order valence-electron chi connectivity index (χ4n) is 3.08. The number of alkyl carbamates (subject to hydrolysis) is 1. The Bertz CT molecular complexity index is 899. The van der Waals surface area contributed by atoms with Crippen molar-refractivity contribution in [1.82, 2.24) is 10.6 Å². The predicted octanol–water partition coefficient (Wildman–Crippen LogP) is 3.71. The highest BCUT2D eigenvalue weighted by Gasteiger charge is 2.32. The highest BCUT2D eigenvalue weighted by Crippen LogP contribution is 2.23. The van der Waals surface area contributed by atoms with Gasteiger partial charge in [-0.25, -0.2) is 9.59 Å². The molecule has 0 fully saturated rings. The second-order valence-corrected chi connectivity index (χ2v) is 7.21. The van der Waals surface area contributed by atoms with E-state index in [1.807, 2.05) is 79.7 Å². The van der Waals surface area contributed by atoms with Crippen LogP contribution in [0.3, 0.4) is 0 Å². The molecule has 0 aliphatic rings. The number of carbonyl (C=O) groups excluding carboxylic acids is 3. The number of benzene rings is 2. The SMILES string of the molecule is CC/C=C/[C@@H](c1ccccc1)[C@@H](NC(=O)[C@H](C)NC(=O)OCc1ccccc1)C(=O)OC. The van der Waals surface area contributed by atoms with Gasteiger partial charge in [-0.1, -0.05) is 79.7 Å². The van der Waals surface area contributed by atoms with Crippen molar-refractivity contribution in [2.24, 2.45) is 0 Å². The minimum Gasteiger partial charge on any atom is -0.467 e. The number of hydrogen-bond acceptors (Lipinski definition) is 5. The van der Waals surface area contributed by atoms with E-state index in [1.165, 1.54) is 14.0 Å². The van der Waals surface area contributed by atoms with Crippen molar-refractivity contribution in [2.75, 3.05) is 7.11 Å². The molecule has 0 aliphatic carbocycles. The van der Waals surface area contributed by atoms with Gasteiger partial charge in [0.1, 0.15) is 18.7 Å². The average molecular weight is 439 g/mol. The molecule has 2 amide bonds. The Morgan fingerprint density at radius 3 is 2.19 bits per heavy atom. The van der Waals surface area contributed by atoms with Crippen molar-refractivity contribution in [3.05, 3.63) is 83.9 Å². The number of methoxy groups -OCH3 is 1. The predicted molar refractivity (Wildman–Crippen MR) is 122 cm³/mol. The van der Waals surface area contributed by atoms with Crippen molar-refractivity contribution in [1.29, 1.82) is 0 Å². The number of allylic oxidation sites excluding steroid dienone is 1. The van der Waals surface area contributed by atoms with Crippen LogP contribution in [0.4, 0.5) is 4.79 Å². The maximum absolute atomic E-state index is 12.8. The first kappa shape index (κ1) is 24.7. The molecule has 0 radical (unpaired) electrons. The van der Waals surface area contributed by atoms with Gasteiger partial charge in [0, 0.05) is 5.92 Å². The number of hydrogen-bond donors (Lipinski definition) is 2. The molecular weight excluding hydrogens is 408 g/mol. The minimum absolute atomic E-state index is 0.0870. The van der Waals surface area contributed by atoms with Gasteiger partial charge in [-0.05, 0) is 24.5 Å². The van der Waals surface area contributed by atoms with Crippen molar-refractivity contribution in [3.63, 3.8) is 0 Å². The first-order chi connectivity index (χ1) is 15.5. The van der Waals surface area contributed by atoms with E-state index >= 15 is 0 Å². The van der Waals surface area contributed by atoms with E-state index in [9.17, 15) is 14.4 Å². The second kappa shape index (κ2) is 12.9. The van der Waals surface area contributed by atoms with E-state index in [-0.39, 0.29) is 6.61 Å². The Morgan fingerprint density at radius 1 is 0.969 bits per heavy atom. The lowest BCUT2D eigenvalue weighted by molar-refractivity contribution is -0.145. The molecule has 170 valence electrons. The Labute approximate surface area is 188 Å². The summed E-state index contributed by atoms with van der Waals surface area (Å²) in [6.07, 6.45) is 3.86. The summed E-state index contributed by atoms with van der Waals surface area (Å²) >= 11 is 0. The molecule has 0 saturated heterocycles. The normalized spacial score (nSPS) is 13.6. The lowest BCUT2D eigenvalue weighted by Crippen LogP contribution is -2.52. The van der Waals surface area contributed by atoms with Crippen LogP contribution in [-0.4, -0.2) is 37.2 Å². The molecule has 0 saturated carbocycles. The fourth-order valence-corrected chi connectivity index (χ4v) is 3.08. The molecule has 7 nitrogen and oxygen atoms in total. The van der Waals surface area contributed by atoms with Crippen molar-refractivity contribution >= 4 is 18.0 Å². The zero-order chi connectivity index (χ0) is 23.3. The Hall–Kier alpha value is -3.61. The van der Waals surface area contributed by atoms with Gasteiger partial charge in [0.15, 0.2) is 0 Å². The molecule has 7 heteroatoms. The largest absolute Gasteiger partial charge is 0.467 e. The summed E-state index contributed by atoms with van der Waals surface area (Å²) < 4.78 is 10.1. The molecular formula is C25H30N2O5. The molecule has 2 rings (SSSR count). The van der Waals surface area contributed by atoms with Gasteiger partial charge in [-0.2, -0.15) is 0 Å². The first-order valence-electron chi connectivity index (χ1n) is 10.5. The number of amides is 2. The van der Waals surface area contributed by atoms with Crippen LogP contribution in [0.15, 0.2) is 72.8 Å². The van der Waals surface area contributed by atoms with E-state index in [4.69, 9.17) is 9.47 Å². The molecule has 32 heavy (non-hydrogen) atoms. The smallest absolute Gasteiger partial charge is 0.408 e. The van der Waals surface area contributed by atoms with Crippen LogP contribution in [0.1, 0.15) is 37.3 Å². The van der Waals surface area contributed by atoms with Crippen LogP contribution >= 0.6 is 0 Å². The summed E-state index contributed by atoms with van der Waals surface area (Å²) in [4.78, 5) is 37.4. The number of rotatable bonds is 10. The number of ether oxygens (including phenoxy) is 2. The van der Waals surface area contributed by atoms with Crippen LogP contribution in [-0.2, 0) is 25.7 Å². The van der Waals surface area contributed by atoms with E-state index in [0.29, 0.717) is 0 Å². The summed E-state index contributed by atoms with van der Waals surface area (Å²) in [6.45, 7) is 3.59. The van der Waals surface area contributed by atoms with Gasteiger partial charge >= 0.3 is 12.1 Å². The number of esters is 1. The third kappa shape index (κ3) is 7.58. The second-order valence-electron chi connectivity index (χ2n) is 7.21. The van der Waals surface area contributed by atoms with E-state index < -0.39 is 36.0 Å². The average Bonchev–Trinajstić information content (AvgIpc) is 2.82.